The Hall–Kier alpha value is -2.69. The van der Waals surface area contributed by atoms with Gasteiger partial charge >= 0.3 is 5.97 Å². The van der Waals surface area contributed by atoms with E-state index in [9.17, 15) is 24.0 Å². The van der Waals surface area contributed by atoms with Gasteiger partial charge in [0, 0.05) is 6.54 Å². The molecule has 3 atom stereocenters. The zero-order valence-corrected chi connectivity index (χ0v) is 16.4. The van der Waals surface area contributed by atoms with E-state index in [4.69, 9.17) is 10.8 Å². The molecule has 6 N–H and O–H groups in total. The third-order valence-electron chi connectivity index (χ3n) is 4.44. The van der Waals surface area contributed by atoms with E-state index in [-0.39, 0.29) is 12.5 Å². The van der Waals surface area contributed by atoms with Crippen LogP contribution in [0.15, 0.2) is 0 Å². The maximum absolute atomic E-state index is 12.6. The summed E-state index contributed by atoms with van der Waals surface area (Å²) in [5.41, 5.74) is 5.69. The Kier molecular flexibility index (Phi) is 8.83. The summed E-state index contributed by atoms with van der Waals surface area (Å²) in [6.07, 6.45) is 1.02. The van der Waals surface area contributed by atoms with Crippen molar-refractivity contribution in [3.63, 3.8) is 0 Å². The van der Waals surface area contributed by atoms with Crippen molar-refractivity contribution in [1.29, 1.82) is 0 Å². The SMILES string of the molecule is CC(C)[C@H](N)C(=O)NCC(=O)N[C@@H](C)C(=O)N1CCC[C@H]1C(=O)NCC(=O)O. The molecule has 0 aromatic rings. The van der Waals surface area contributed by atoms with Crippen molar-refractivity contribution in [2.24, 2.45) is 11.7 Å². The first-order valence-corrected chi connectivity index (χ1v) is 9.17. The number of carboxylic acid groups (broad SMARTS) is 1. The molecule has 1 heterocycles. The maximum Gasteiger partial charge on any atom is 0.322 e. The Bertz CT molecular complexity index is 623. The molecule has 1 saturated heterocycles. The number of hydrogen-bond donors (Lipinski definition) is 5. The van der Waals surface area contributed by atoms with Crippen LogP contribution in [0.4, 0.5) is 0 Å². The molecule has 0 radical (unpaired) electrons. The Morgan fingerprint density at radius 1 is 1.11 bits per heavy atom. The van der Waals surface area contributed by atoms with Crippen molar-refractivity contribution in [3.8, 4) is 0 Å². The number of rotatable bonds is 9. The van der Waals surface area contributed by atoms with Gasteiger partial charge in [0.05, 0.1) is 12.6 Å². The molecule has 1 rings (SSSR count). The number of nitrogens with zero attached hydrogens (tertiary/aromatic N) is 1. The monoisotopic (exact) mass is 399 g/mol. The number of aliphatic carboxylic acids is 1. The highest BCUT2D eigenvalue weighted by Gasteiger charge is 2.36. The van der Waals surface area contributed by atoms with Crippen LogP contribution in [0.2, 0.25) is 0 Å². The molecule has 1 fully saturated rings. The average Bonchev–Trinajstić information content (AvgIpc) is 3.12. The molecule has 0 aromatic heterocycles. The summed E-state index contributed by atoms with van der Waals surface area (Å²) in [6.45, 7) is 4.53. The largest absolute Gasteiger partial charge is 0.480 e. The number of nitrogens with two attached hydrogens (primary N) is 1. The van der Waals surface area contributed by atoms with Crippen molar-refractivity contribution in [3.05, 3.63) is 0 Å². The highest BCUT2D eigenvalue weighted by Crippen LogP contribution is 2.18. The van der Waals surface area contributed by atoms with Gasteiger partial charge in [0.25, 0.3) is 0 Å². The van der Waals surface area contributed by atoms with E-state index in [1.807, 2.05) is 0 Å². The van der Waals surface area contributed by atoms with Crippen LogP contribution in [-0.4, -0.2) is 77.4 Å². The van der Waals surface area contributed by atoms with Gasteiger partial charge in [-0.15, -0.1) is 0 Å². The molecule has 0 saturated carbocycles. The lowest BCUT2D eigenvalue weighted by Crippen LogP contribution is -2.54. The molecular formula is C17H29N5O6. The number of likely N-dealkylation sites (tertiary alicyclic amines) is 1. The second-order valence-corrected chi connectivity index (χ2v) is 7.08. The fourth-order valence-electron chi connectivity index (χ4n) is 2.77. The summed E-state index contributed by atoms with van der Waals surface area (Å²) < 4.78 is 0. The molecule has 0 bridgehead atoms. The lowest BCUT2D eigenvalue weighted by molar-refractivity contribution is -0.142. The molecule has 28 heavy (non-hydrogen) atoms. The van der Waals surface area contributed by atoms with E-state index >= 15 is 0 Å². The first-order valence-electron chi connectivity index (χ1n) is 9.17. The molecule has 0 aliphatic carbocycles. The van der Waals surface area contributed by atoms with Crippen LogP contribution in [-0.2, 0) is 24.0 Å². The first kappa shape index (κ1) is 23.3. The highest BCUT2D eigenvalue weighted by atomic mass is 16.4. The summed E-state index contributed by atoms with van der Waals surface area (Å²) in [6, 6.07) is -2.41. The van der Waals surface area contributed by atoms with Gasteiger partial charge in [0.2, 0.25) is 23.6 Å². The number of hydrogen-bond acceptors (Lipinski definition) is 6. The zero-order valence-electron chi connectivity index (χ0n) is 16.4. The average molecular weight is 399 g/mol. The fraction of sp³-hybridized carbons (Fsp3) is 0.706. The summed E-state index contributed by atoms with van der Waals surface area (Å²) in [5, 5.41) is 15.8. The molecule has 0 spiro atoms. The molecule has 0 aromatic carbocycles. The van der Waals surface area contributed by atoms with Crippen LogP contribution >= 0.6 is 0 Å². The van der Waals surface area contributed by atoms with Gasteiger partial charge in [-0.05, 0) is 25.7 Å². The van der Waals surface area contributed by atoms with Crippen molar-refractivity contribution in [2.45, 2.75) is 51.7 Å². The molecule has 1 aliphatic rings. The topological polar surface area (TPSA) is 171 Å². The van der Waals surface area contributed by atoms with Gasteiger partial charge in [0.1, 0.15) is 18.6 Å². The number of carboxylic acids is 1. The summed E-state index contributed by atoms with van der Waals surface area (Å²) in [7, 11) is 0. The van der Waals surface area contributed by atoms with Gasteiger partial charge in [-0.2, -0.15) is 0 Å². The lowest BCUT2D eigenvalue weighted by Gasteiger charge is -2.27. The molecule has 11 nitrogen and oxygen atoms in total. The van der Waals surface area contributed by atoms with Crippen LogP contribution in [0.1, 0.15) is 33.6 Å². The Morgan fingerprint density at radius 2 is 1.75 bits per heavy atom. The van der Waals surface area contributed by atoms with Gasteiger partial charge in [-0.1, -0.05) is 13.8 Å². The minimum Gasteiger partial charge on any atom is -0.480 e. The number of carbonyl (C=O) groups is 5. The minimum absolute atomic E-state index is 0.0806. The number of amides is 4. The van der Waals surface area contributed by atoms with E-state index < -0.39 is 54.3 Å². The summed E-state index contributed by atoms with van der Waals surface area (Å²) in [5.74, 6) is -3.27. The zero-order chi connectivity index (χ0) is 21.4. The van der Waals surface area contributed by atoms with Crippen molar-refractivity contribution in [1.82, 2.24) is 20.9 Å². The highest BCUT2D eigenvalue weighted by molar-refractivity contribution is 5.94. The predicted octanol–water partition coefficient (Wildman–Crippen LogP) is -2.22. The molecular weight excluding hydrogens is 370 g/mol. The van der Waals surface area contributed by atoms with Crippen molar-refractivity contribution < 1.29 is 29.1 Å². The molecule has 11 heteroatoms. The Labute approximate surface area is 163 Å². The van der Waals surface area contributed by atoms with E-state index in [0.717, 1.165) is 0 Å². The van der Waals surface area contributed by atoms with Gasteiger partial charge < -0.3 is 31.7 Å². The smallest absolute Gasteiger partial charge is 0.322 e. The van der Waals surface area contributed by atoms with Crippen LogP contribution in [0.5, 0.6) is 0 Å². The standard InChI is InChI=1S/C17H29N5O6/c1-9(2)14(18)16(27)19-7-12(23)21-10(3)17(28)22-6-4-5-11(22)15(26)20-8-13(24)25/h9-11,14H,4-8,18H2,1-3H3,(H,19,27)(H,20,26)(H,21,23)(H,24,25)/t10-,11-,14-/m0/s1. The summed E-state index contributed by atoms with van der Waals surface area (Å²) in [4.78, 5) is 60.3. The predicted molar refractivity (Wildman–Crippen MR) is 98.8 cm³/mol. The maximum atomic E-state index is 12.6. The number of carbonyl (C=O) groups excluding carboxylic acids is 4. The molecule has 0 unspecified atom stereocenters. The Balaban J connectivity index is 2.54. The van der Waals surface area contributed by atoms with E-state index in [1.165, 1.54) is 11.8 Å². The quantitative estimate of drug-likeness (QED) is 0.292. The lowest BCUT2D eigenvalue weighted by atomic mass is 10.1. The minimum atomic E-state index is -1.18. The molecule has 1 aliphatic heterocycles. The van der Waals surface area contributed by atoms with Crippen molar-refractivity contribution >= 4 is 29.6 Å². The molecule has 4 amide bonds. The van der Waals surface area contributed by atoms with E-state index in [1.54, 1.807) is 13.8 Å². The Morgan fingerprint density at radius 3 is 2.32 bits per heavy atom. The first-order chi connectivity index (χ1) is 13.0. The normalized spacial score (nSPS) is 18.3. The number of nitrogens with one attached hydrogen (secondary N) is 3. The summed E-state index contributed by atoms with van der Waals surface area (Å²) >= 11 is 0. The second-order valence-electron chi connectivity index (χ2n) is 7.08. The fourth-order valence-corrected chi connectivity index (χ4v) is 2.77. The third kappa shape index (κ3) is 6.80. The van der Waals surface area contributed by atoms with Crippen LogP contribution < -0.4 is 21.7 Å². The van der Waals surface area contributed by atoms with Crippen molar-refractivity contribution in [2.75, 3.05) is 19.6 Å². The van der Waals surface area contributed by atoms with Gasteiger partial charge in [-0.25, -0.2) is 0 Å². The second kappa shape index (κ2) is 10.6. The van der Waals surface area contributed by atoms with Crippen LogP contribution in [0.3, 0.4) is 0 Å². The molecule has 158 valence electrons. The van der Waals surface area contributed by atoms with Gasteiger partial charge in [0.15, 0.2) is 0 Å². The van der Waals surface area contributed by atoms with Crippen LogP contribution in [0.25, 0.3) is 0 Å². The van der Waals surface area contributed by atoms with Crippen LogP contribution in [0, 0.1) is 5.92 Å². The van der Waals surface area contributed by atoms with Gasteiger partial charge in [-0.3, -0.25) is 24.0 Å². The third-order valence-corrected chi connectivity index (χ3v) is 4.44. The van der Waals surface area contributed by atoms with E-state index in [2.05, 4.69) is 16.0 Å². The van der Waals surface area contributed by atoms with E-state index in [0.29, 0.717) is 19.4 Å².